The van der Waals surface area contributed by atoms with Gasteiger partial charge in [-0.1, -0.05) is 6.07 Å². The average Bonchev–Trinajstić information content (AvgIpc) is 2.88. The molecular weight excluding hydrogens is 513 g/mol. The summed E-state index contributed by atoms with van der Waals surface area (Å²) in [4.78, 5) is 25.2. The Morgan fingerprint density at radius 3 is 2.51 bits per heavy atom. The number of esters is 1. The summed E-state index contributed by atoms with van der Waals surface area (Å²) in [6, 6.07) is 7.21. The van der Waals surface area contributed by atoms with E-state index in [2.05, 4.69) is 4.74 Å². The van der Waals surface area contributed by atoms with Crippen molar-refractivity contribution in [1.82, 2.24) is 4.90 Å². The van der Waals surface area contributed by atoms with Crippen LogP contribution in [0.3, 0.4) is 0 Å². The SMILES string of the molecule is COC(=O)c1ccc(Oc2ccc(/C=C(/C=O)SC(=N)N3CCCC(O)C3)cc2OC)c(C(F)(F)F)c1. The van der Waals surface area contributed by atoms with Gasteiger partial charge in [0.15, 0.2) is 23.0 Å². The van der Waals surface area contributed by atoms with Gasteiger partial charge < -0.3 is 24.2 Å². The van der Waals surface area contributed by atoms with Gasteiger partial charge in [0.2, 0.25) is 0 Å². The maximum atomic E-state index is 13.6. The number of piperidine rings is 1. The molecule has 1 unspecified atom stereocenters. The highest BCUT2D eigenvalue weighted by atomic mass is 32.2. The molecule has 0 aromatic heterocycles. The number of hydrogen-bond acceptors (Lipinski definition) is 8. The summed E-state index contributed by atoms with van der Waals surface area (Å²) in [5, 5.41) is 18.2. The maximum Gasteiger partial charge on any atom is 0.420 e. The van der Waals surface area contributed by atoms with Gasteiger partial charge in [0, 0.05) is 13.1 Å². The minimum absolute atomic E-state index is 0.0219. The molecule has 8 nitrogen and oxygen atoms in total. The van der Waals surface area contributed by atoms with Crippen molar-refractivity contribution >= 4 is 35.3 Å². The van der Waals surface area contributed by atoms with Crippen LogP contribution in [0.4, 0.5) is 13.2 Å². The molecule has 2 aromatic rings. The summed E-state index contributed by atoms with van der Waals surface area (Å²) < 4.78 is 56.2. The number of ether oxygens (including phenoxy) is 3. The molecular formula is C25H25F3N2O6S. The van der Waals surface area contributed by atoms with Crippen molar-refractivity contribution in [2.24, 2.45) is 0 Å². The summed E-state index contributed by atoms with van der Waals surface area (Å²) in [6.07, 6.45) is -1.83. The van der Waals surface area contributed by atoms with Gasteiger partial charge in [-0.25, -0.2) is 4.79 Å². The molecule has 0 spiro atoms. The molecule has 0 bridgehead atoms. The number of aliphatic hydroxyl groups is 1. The Balaban J connectivity index is 1.84. The number of rotatable bonds is 7. The van der Waals surface area contributed by atoms with Crippen molar-refractivity contribution in [1.29, 1.82) is 5.41 Å². The summed E-state index contributed by atoms with van der Waals surface area (Å²) in [5.74, 6) is -1.38. The van der Waals surface area contributed by atoms with Gasteiger partial charge in [-0.05, 0) is 66.6 Å². The predicted octanol–water partition coefficient (Wildman–Crippen LogP) is 4.96. The van der Waals surface area contributed by atoms with Crippen LogP contribution >= 0.6 is 11.8 Å². The first kappa shape index (κ1) is 28.1. The maximum absolute atomic E-state index is 13.6. The lowest BCUT2D eigenvalue weighted by Crippen LogP contribution is -2.40. The molecule has 37 heavy (non-hydrogen) atoms. The molecule has 2 aromatic carbocycles. The Kier molecular flexibility index (Phi) is 9.22. The standard InChI is InChI=1S/C25H25F3N2O6S/c1-34-22-11-15(10-18(14-31)37-24(29)30-9-3-4-17(32)13-30)5-7-21(22)36-20-8-6-16(23(33)35-2)12-19(20)25(26,27)28/h5-8,10-12,14,17,29,32H,3-4,9,13H2,1-2H3/b18-10-,29-24?. The van der Waals surface area contributed by atoms with Gasteiger partial charge in [-0.3, -0.25) is 10.2 Å². The van der Waals surface area contributed by atoms with E-state index in [1.807, 2.05) is 0 Å². The highest BCUT2D eigenvalue weighted by molar-refractivity contribution is 8.17. The van der Waals surface area contributed by atoms with Crippen molar-refractivity contribution in [2.75, 3.05) is 27.3 Å². The molecule has 0 radical (unpaired) electrons. The normalized spacial score (nSPS) is 16.2. The Bertz CT molecular complexity index is 1200. The first-order valence-electron chi connectivity index (χ1n) is 11.1. The number of thioether (sulfide) groups is 1. The van der Waals surface area contributed by atoms with E-state index in [1.54, 1.807) is 4.90 Å². The summed E-state index contributed by atoms with van der Waals surface area (Å²) >= 11 is 0.935. The number of allylic oxidation sites excluding steroid dienone is 1. The molecule has 1 heterocycles. The Morgan fingerprint density at radius 2 is 1.89 bits per heavy atom. The fourth-order valence-electron chi connectivity index (χ4n) is 3.63. The van der Waals surface area contributed by atoms with E-state index in [4.69, 9.17) is 14.9 Å². The number of aldehydes is 1. The molecule has 1 fully saturated rings. The van der Waals surface area contributed by atoms with Crippen LogP contribution in [0, 0.1) is 5.41 Å². The number of amidine groups is 1. The number of halogens is 3. The van der Waals surface area contributed by atoms with Crippen molar-refractivity contribution < 1.29 is 42.1 Å². The molecule has 1 atom stereocenters. The number of carbonyl (C=O) groups is 2. The van der Waals surface area contributed by atoms with Crippen molar-refractivity contribution in [3.05, 3.63) is 58.0 Å². The van der Waals surface area contributed by atoms with E-state index in [9.17, 15) is 27.9 Å². The van der Waals surface area contributed by atoms with Crippen LogP contribution in [0.25, 0.3) is 6.08 Å². The topological polar surface area (TPSA) is 109 Å². The van der Waals surface area contributed by atoms with Gasteiger partial charge in [0.25, 0.3) is 0 Å². The first-order valence-corrected chi connectivity index (χ1v) is 11.9. The van der Waals surface area contributed by atoms with Crippen LogP contribution in [0.2, 0.25) is 0 Å². The molecule has 1 aliphatic rings. The average molecular weight is 539 g/mol. The number of nitrogens with zero attached hydrogens (tertiary/aromatic N) is 1. The van der Waals surface area contributed by atoms with E-state index in [0.717, 1.165) is 37.4 Å². The molecule has 0 amide bonds. The summed E-state index contributed by atoms with van der Waals surface area (Å²) in [6.45, 7) is 0.924. The van der Waals surface area contributed by atoms with Gasteiger partial charge >= 0.3 is 12.1 Å². The molecule has 12 heteroatoms. The lowest BCUT2D eigenvalue weighted by molar-refractivity contribution is -0.138. The third kappa shape index (κ3) is 7.26. The molecule has 1 aliphatic heterocycles. The van der Waals surface area contributed by atoms with E-state index >= 15 is 0 Å². The van der Waals surface area contributed by atoms with Crippen molar-refractivity contribution in [2.45, 2.75) is 25.1 Å². The third-order valence-corrected chi connectivity index (χ3v) is 6.34. The van der Waals surface area contributed by atoms with E-state index in [-0.39, 0.29) is 27.1 Å². The molecule has 0 aliphatic carbocycles. The largest absolute Gasteiger partial charge is 0.493 e. The number of hydrogen-bond donors (Lipinski definition) is 2. The minimum atomic E-state index is -4.81. The van der Waals surface area contributed by atoms with Crippen molar-refractivity contribution in [3.63, 3.8) is 0 Å². The Morgan fingerprint density at radius 1 is 1.16 bits per heavy atom. The van der Waals surface area contributed by atoms with Crippen LogP contribution in [-0.2, 0) is 15.7 Å². The number of carbonyl (C=O) groups excluding carboxylic acids is 2. The van der Waals surface area contributed by atoms with Gasteiger partial charge in [-0.15, -0.1) is 0 Å². The zero-order valence-corrected chi connectivity index (χ0v) is 20.8. The molecule has 3 rings (SSSR count). The van der Waals surface area contributed by atoms with E-state index < -0.39 is 29.6 Å². The van der Waals surface area contributed by atoms with Gasteiger partial charge in [0.05, 0.1) is 36.4 Å². The van der Waals surface area contributed by atoms with E-state index in [1.165, 1.54) is 31.4 Å². The summed E-state index contributed by atoms with van der Waals surface area (Å²) in [7, 11) is 2.38. The van der Waals surface area contributed by atoms with E-state index in [0.29, 0.717) is 37.4 Å². The number of alkyl halides is 3. The number of nitrogens with one attached hydrogen (secondary N) is 1. The van der Waals surface area contributed by atoms with Gasteiger partial charge in [0.1, 0.15) is 5.75 Å². The van der Waals surface area contributed by atoms with Gasteiger partial charge in [-0.2, -0.15) is 13.2 Å². The van der Waals surface area contributed by atoms with Crippen molar-refractivity contribution in [3.8, 4) is 17.2 Å². The van der Waals surface area contributed by atoms with Crippen LogP contribution in [0.1, 0.15) is 34.3 Å². The molecule has 0 saturated carbocycles. The van der Waals surface area contributed by atoms with Crippen LogP contribution in [0.15, 0.2) is 41.3 Å². The fraction of sp³-hybridized carbons (Fsp3) is 0.320. The third-order valence-electron chi connectivity index (χ3n) is 5.44. The van der Waals surface area contributed by atoms with Crippen LogP contribution in [-0.4, -0.2) is 60.8 Å². The van der Waals surface area contributed by atoms with Crippen LogP contribution in [0.5, 0.6) is 17.2 Å². The summed E-state index contributed by atoms with van der Waals surface area (Å²) in [5.41, 5.74) is -0.956. The monoisotopic (exact) mass is 538 g/mol. The highest BCUT2D eigenvalue weighted by Crippen LogP contribution is 2.41. The zero-order valence-electron chi connectivity index (χ0n) is 20.0. The predicted molar refractivity (Wildman–Crippen MR) is 132 cm³/mol. The number of benzene rings is 2. The lowest BCUT2D eigenvalue weighted by atomic mass is 10.1. The Hall–Kier alpha value is -3.51. The quantitative estimate of drug-likeness (QED) is 0.168. The van der Waals surface area contributed by atoms with Crippen LogP contribution < -0.4 is 9.47 Å². The molecule has 1 saturated heterocycles. The number of methoxy groups -OCH3 is 2. The number of aliphatic hydroxyl groups excluding tert-OH is 1. The second-order valence-electron chi connectivity index (χ2n) is 8.03. The number of likely N-dealkylation sites (tertiary alicyclic amines) is 1. The second-order valence-corrected chi connectivity index (χ2v) is 9.09. The minimum Gasteiger partial charge on any atom is -0.493 e. The molecule has 198 valence electrons. The second kappa shape index (κ2) is 12.2. The Labute approximate surface area is 215 Å². The number of β-amino-alcohol motifs (C(OH)–C–C–N with tert-alkyl or cyclic N) is 1. The zero-order chi connectivity index (χ0) is 27.2. The highest BCUT2D eigenvalue weighted by Gasteiger charge is 2.36. The first-order chi connectivity index (χ1) is 17.5. The lowest BCUT2D eigenvalue weighted by Gasteiger charge is -2.31. The smallest absolute Gasteiger partial charge is 0.420 e. The fourth-order valence-corrected chi connectivity index (χ4v) is 4.39. The molecule has 2 N–H and O–H groups in total.